The Morgan fingerprint density at radius 2 is 1.82 bits per heavy atom. The van der Waals surface area contributed by atoms with Crippen LogP contribution in [0.15, 0.2) is 59.5 Å². The molecular weight excluding hydrogens is 294 g/mol. The maximum absolute atomic E-state index is 12.0. The first-order valence-electron chi connectivity index (χ1n) is 7.34. The Balaban J connectivity index is 1.70. The molecule has 0 radical (unpaired) electrons. The van der Waals surface area contributed by atoms with E-state index in [-0.39, 0.29) is 11.2 Å². The van der Waals surface area contributed by atoms with Crippen molar-refractivity contribution in [3.63, 3.8) is 0 Å². The number of thioether (sulfide) groups is 1. The Hall–Kier alpha value is -1.94. The van der Waals surface area contributed by atoms with Gasteiger partial charge in [-0.15, -0.1) is 11.8 Å². The van der Waals surface area contributed by atoms with Crippen LogP contribution in [0.1, 0.15) is 12.5 Å². The fraction of sp³-hybridized carbons (Fsp3) is 0.278. The van der Waals surface area contributed by atoms with E-state index >= 15 is 0 Å². The quantitative estimate of drug-likeness (QED) is 0.626. The number of hydrogen-bond acceptors (Lipinski definition) is 3. The number of ether oxygens (including phenoxy) is 1. The zero-order valence-corrected chi connectivity index (χ0v) is 13.7. The van der Waals surface area contributed by atoms with E-state index in [1.807, 2.05) is 68.4 Å². The van der Waals surface area contributed by atoms with Gasteiger partial charge in [-0.25, -0.2) is 0 Å². The van der Waals surface area contributed by atoms with Crippen molar-refractivity contribution in [3.05, 3.63) is 60.2 Å². The van der Waals surface area contributed by atoms with Crippen LogP contribution in [-0.4, -0.2) is 24.3 Å². The molecule has 2 rings (SSSR count). The van der Waals surface area contributed by atoms with E-state index in [1.54, 1.807) is 11.8 Å². The monoisotopic (exact) mass is 315 g/mol. The lowest BCUT2D eigenvalue weighted by Gasteiger charge is -2.13. The number of hydrogen-bond donors (Lipinski definition) is 1. The highest BCUT2D eigenvalue weighted by atomic mass is 32.2. The molecule has 2 aromatic rings. The minimum absolute atomic E-state index is 0.0298. The molecule has 0 aromatic heterocycles. The summed E-state index contributed by atoms with van der Waals surface area (Å²) in [5, 5.41) is 2.78. The van der Waals surface area contributed by atoms with Crippen LogP contribution < -0.4 is 10.1 Å². The lowest BCUT2D eigenvalue weighted by atomic mass is 10.2. The standard InChI is InChI=1S/C18H21NO2S/c1-14-8-6-7-11-17(14)21-13-12-19-18(20)15(2)22-16-9-4-3-5-10-16/h3-11,15H,12-13H2,1-2H3,(H,19,20)/t15-/m0/s1. The Bertz CT molecular complexity index is 601. The molecule has 0 unspecified atom stereocenters. The largest absolute Gasteiger partial charge is 0.491 e. The van der Waals surface area contributed by atoms with E-state index < -0.39 is 0 Å². The topological polar surface area (TPSA) is 38.3 Å². The predicted molar refractivity (Wildman–Crippen MR) is 91.4 cm³/mol. The molecule has 1 amide bonds. The number of amides is 1. The van der Waals surface area contributed by atoms with Crippen molar-refractivity contribution in [2.24, 2.45) is 0 Å². The van der Waals surface area contributed by atoms with Crippen LogP contribution in [0.5, 0.6) is 5.75 Å². The fourth-order valence-electron chi connectivity index (χ4n) is 1.95. The zero-order valence-electron chi connectivity index (χ0n) is 12.9. The molecular formula is C18H21NO2S. The summed E-state index contributed by atoms with van der Waals surface area (Å²) in [4.78, 5) is 13.1. The molecule has 0 aliphatic carbocycles. The van der Waals surface area contributed by atoms with E-state index in [2.05, 4.69) is 5.32 Å². The minimum atomic E-state index is -0.124. The third-order valence-corrected chi connectivity index (χ3v) is 4.29. The highest BCUT2D eigenvalue weighted by molar-refractivity contribution is 8.00. The summed E-state index contributed by atoms with van der Waals surface area (Å²) in [5.41, 5.74) is 1.10. The molecule has 0 saturated carbocycles. The molecule has 1 N–H and O–H groups in total. The van der Waals surface area contributed by atoms with Gasteiger partial charge >= 0.3 is 0 Å². The van der Waals surface area contributed by atoms with E-state index in [9.17, 15) is 4.79 Å². The number of rotatable bonds is 7. The number of carbonyl (C=O) groups is 1. The molecule has 3 nitrogen and oxygen atoms in total. The van der Waals surface area contributed by atoms with Gasteiger partial charge in [0.25, 0.3) is 0 Å². The Morgan fingerprint density at radius 1 is 1.14 bits per heavy atom. The Labute approximate surface area is 136 Å². The molecule has 0 aliphatic rings. The van der Waals surface area contributed by atoms with Crippen LogP contribution in [0, 0.1) is 6.92 Å². The Kier molecular flexibility index (Phi) is 6.34. The number of benzene rings is 2. The minimum Gasteiger partial charge on any atom is -0.491 e. The molecule has 116 valence electrons. The SMILES string of the molecule is Cc1ccccc1OCCNC(=O)[C@H](C)Sc1ccccc1. The van der Waals surface area contributed by atoms with Crippen LogP contribution in [0.3, 0.4) is 0 Å². The number of carbonyl (C=O) groups excluding carboxylic acids is 1. The molecule has 0 heterocycles. The van der Waals surface area contributed by atoms with E-state index in [0.29, 0.717) is 13.2 Å². The van der Waals surface area contributed by atoms with Crippen molar-refractivity contribution < 1.29 is 9.53 Å². The molecule has 0 bridgehead atoms. The molecule has 0 aliphatic heterocycles. The predicted octanol–water partition coefficient (Wildman–Crippen LogP) is 3.67. The maximum atomic E-state index is 12.0. The average molecular weight is 315 g/mol. The van der Waals surface area contributed by atoms with Crippen molar-refractivity contribution in [2.75, 3.05) is 13.2 Å². The van der Waals surface area contributed by atoms with Gasteiger partial charge in [-0.3, -0.25) is 4.79 Å². The molecule has 0 fully saturated rings. The second kappa shape index (κ2) is 8.49. The van der Waals surface area contributed by atoms with Crippen molar-refractivity contribution >= 4 is 17.7 Å². The van der Waals surface area contributed by atoms with E-state index in [4.69, 9.17) is 4.74 Å². The first kappa shape index (κ1) is 16.4. The second-order valence-corrected chi connectivity index (χ2v) is 6.39. The molecule has 0 spiro atoms. The van der Waals surface area contributed by atoms with Gasteiger partial charge in [0, 0.05) is 4.90 Å². The summed E-state index contributed by atoms with van der Waals surface area (Å²) in [6.07, 6.45) is 0. The zero-order chi connectivity index (χ0) is 15.8. The molecule has 0 saturated heterocycles. The molecule has 4 heteroatoms. The summed E-state index contributed by atoms with van der Waals surface area (Å²) < 4.78 is 5.66. The van der Waals surface area contributed by atoms with Crippen molar-refractivity contribution in [2.45, 2.75) is 24.0 Å². The first-order valence-corrected chi connectivity index (χ1v) is 8.22. The van der Waals surface area contributed by atoms with Crippen molar-refractivity contribution in [1.29, 1.82) is 0 Å². The van der Waals surface area contributed by atoms with Crippen LogP contribution in [-0.2, 0) is 4.79 Å². The third-order valence-electron chi connectivity index (χ3n) is 3.18. The van der Waals surface area contributed by atoms with Crippen molar-refractivity contribution in [1.82, 2.24) is 5.32 Å². The van der Waals surface area contributed by atoms with Crippen molar-refractivity contribution in [3.8, 4) is 5.75 Å². The fourth-order valence-corrected chi connectivity index (χ4v) is 2.87. The summed E-state index contributed by atoms with van der Waals surface area (Å²) in [7, 11) is 0. The van der Waals surface area contributed by atoms with Gasteiger partial charge in [-0.1, -0.05) is 36.4 Å². The van der Waals surface area contributed by atoms with Crippen LogP contribution >= 0.6 is 11.8 Å². The lowest BCUT2D eigenvalue weighted by Crippen LogP contribution is -2.34. The highest BCUT2D eigenvalue weighted by Crippen LogP contribution is 2.22. The average Bonchev–Trinajstić information content (AvgIpc) is 2.53. The van der Waals surface area contributed by atoms with Gasteiger partial charge in [0.1, 0.15) is 12.4 Å². The van der Waals surface area contributed by atoms with E-state index in [1.165, 1.54) is 0 Å². The van der Waals surface area contributed by atoms with Crippen LogP contribution in [0.2, 0.25) is 0 Å². The maximum Gasteiger partial charge on any atom is 0.233 e. The van der Waals surface area contributed by atoms with Gasteiger partial charge in [0.2, 0.25) is 5.91 Å². The first-order chi connectivity index (χ1) is 10.7. The molecule has 1 atom stereocenters. The van der Waals surface area contributed by atoms with Gasteiger partial charge < -0.3 is 10.1 Å². The normalized spacial score (nSPS) is 11.7. The number of nitrogens with one attached hydrogen (secondary N) is 1. The highest BCUT2D eigenvalue weighted by Gasteiger charge is 2.13. The third kappa shape index (κ3) is 5.11. The van der Waals surface area contributed by atoms with Gasteiger partial charge in [-0.05, 0) is 37.6 Å². The lowest BCUT2D eigenvalue weighted by molar-refractivity contribution is -0.120. The van der Waals surface area contributed by atoms with Gasteiger partial charge in [0.15, 0.2) is 0 Å². The molecule has 22 heavy (non-hydrogen) atoms. The van der Waals surface area contributed by atoms with Gasteiger partial charge in [-0.2, -0.15) is 0 Å². The smallest absolute Gasteiger partial charge is 0.233 e. The second-order valence-electron chi connectivity index (χ2n) is 4.98. The summed E-state index contributed by atoms with van der Waals surface area (Å²) in [6.45, 7) is 4.90. The van der Waals surface area contributed by atoms with Crippen LogP contribution in [0.25, 0.3) is 0 Å². The van der Waals surface area contributed by atoms with E-state index in [0.717, 1.165) is 16.2 Å². The summed E-state index contributed by atoms with van der Waals surface area (Å²) in [5.74, 6) is 0.894. The summed E-state index contributed by atoms with van der Waals surface area (Å²) in [6, 6.07) is 17.8. The summed E-state index contributed by atoms with van der Waals surface area (Å²) >= 11 is 1.56. The molecule has 2 aromatic carbocycles. The number of para-hydroxylation sites is 1. The Morgan fingerprint density at radius 3 is 2.55 bits per heavy atom. The van der Waals surface area contributed by atoms with Crippen LogP contribution in [0.4, 0.5) is 0 Å². The number of aryl methyl sites for hydroxylation is 1. The van der Waals surface area contributed by atoms with Gasteiger partial charge in [0.05, 0.1) is 11.8 Å².